The fourth-order valence-electron chi connectivity index (χ4n) is 3.20. The summed E-state index contributed by atoms with van der Waals surface area (Å²) in [5, 5.41) is 6.90. The van der Waals surface area contributed by atoms with Crippen LogP contribution in [0.1, 0.15) is 59.3 Å². The van der Waals surface area contributed by atoms with Crippen LogP contribution in [0.2, 0.25) is 0 Å². The Morgan fingerprint density at radius 1 is 1.19 bits per heavy atom. The van der Waals surface area contributed by atoms with E-state index < -0.39 is 0 Å². The predicted molar refractivity (Wildman–Crippen MR) is 126 cm³/mol. The number of aliphatic imine (C=N–C) groups is 1. The smallest absolute Gasteiger partial charge is 0.225 e. The molecule has 1 saturated heterocycles. The molecule has 0 atom stereocenters. The number of rotatable bonds is 10. The number of piperidine rings is 1. The zero-order chi connectivity index (χ0) is 18.5. The molecule has 1 heterocycles. The summed E-state index contributed by atoms with van der Waals surface area (Å²) in [7, 11) is 0. The fourth-order valence-corrected chi connectivity index (χ4v) is 3.70. The van der Waals surface area contributed by atoms with E-state index in [4.69, 9.17) is 4.99 Å². The summed E-state index contributed by atoms with van der Waals surface area (Å²) in [5.74, 6) is 2.68. The van der Waals surface area contributed by atoms with Crippen molar-refractivity contribution in [3.8, 4) is 0 Å². The van der Waals surface area contributed by atoms with E-state index in [1.165, 1.54) is 12.2 Å². The van der Waals surface area contributed by atoms with Gasteiger partial charge in [0.05, 0.1) is 0 Å². The van der Waals surface area contributed by atoms with Crippen molar-refractivity contribution < 1.29 is 4.79 Å². The van der Waals surface area contributed by atoms with E-state index in [1.54, 1.807) is 0 Å². The van der Waals surface area contributed by atoms with Crippen molar-refractivity contribution >= 4 is 47.6 Å². The second kappa shape index (κ2) is 15.8. The minimum atomic E-state index is 0. The number of carbonyl (C=O) groups excluding carboxylic acids is 1. The highest BCUT2D eigenvalue weighted by atomic mass is 127. The van der Waals surface area contributed by atoms with Gasteiger partial charge >= 0.3 is 0 Å². The zero-order valence-corrected chi connectivity index (χ0v) is 20.2. The number of carbonyl (C=O) groups is 1. The maximum atomic E-state index is 12.5. The standard InChI is InChI=1S/C19H38N4OS.HI/c1-5-16(6-2)18(24)23-13-10-17(11-14-23)22-19(20-7-3)21-12-8-9-15-25-4;/h16-17H,5-15H2,1-4H3,(H2,20,21,22);1H. The van der Waals surface area contributed by atoms with E-state index in [0.29, 0.717) is 11.9 Å². The summed E-state index contributed by atoms with van der Waals surface area (Å²) in [4.78, 5) is 19.2. The lowest BCUT2D eigenvalue weighted by Crippen LogP contribution is -2.50. The number of hydrogen-bond donors (Lipinski definition) is 2. The van der Waals surface area contributed by atoms with Gasteiger partial charge < -0.3 is 15.5 Å². The van der Waals surface area contributed by atoms with Gasteiger partial charge in [0.1, 0.15) is 0 Å². The topological polar surface area (TPSA) is 56.7 Å². The zero-order valence-electron chi connectivity index (χ0n) is 17.1. The summed E-state index contributed by atoms with van der Waals surface area (Å²) in [6.07, 6.45) is 8.41. The molecule has 26 heavy (non-hydrogen) atoms. The van der Waals surface area contributed by atoms with Crippen LogP contribution in [-0.2, 0) is 4.79 Å². The summed E-state index contributed by atoms with van der Waals surface area (Å²) >= 11 is 1.89. The van der Waals surface area contributed by atoms with Crippen molar-refractivity contribution in [1.29, 1.82) is 0 Å². The van der Waals surface area contributed by atoms with E-state index >= 15 is 0 Å². The van der Waals surface area contributed by atoms with Crippen LogP contribution in [0.25, 0.3) is 0 Å². The first-order valence-corrected chi connectivity index (χ1v) is 11.4. The third-order valence-electron chi connectivity index (χ3n) is 4.85. The van der Waals surface area contributed by atoms with E-state index in [-0.39, 0.29) is 29.9 Å². The Hall–Kier alpha value is -0.180. The van der Waals surface area contributed by atoms with Crippen LogP contribution in [0.5, 0.6) is 0 Å². The van der Waals surface area contributed by atoms with E-state index in [9.17, 15) is 4.79 Å². The lowest BCUT2D eigenvalue weighted by atomic mass is 9.98. The lowest BCUT2D eigenvalue weighted by Gasteiger charge is -2.34. The Bertz CT molecular complexity index is 397. The van der Waals surface area contributed by atoms with Crippen molar-refractivity contribution in [3.05, 3.63) is 0 Å². The molecule has 1 aliphatic heterocycles. The minimum Gasteiger partial charge on any atom is -0.357 e. The molecule has 2 N–H and O–H groups in total. The van der Waals surface area contributed by atoms with E-state index in [2.05, 4.69) is 42.6 Å². The van der Waals surface area contributed by atoms with Gasteiger partial charge in [-0.15, -0.1) is 24.0 Å². The quantitative estimate of drug-likeness (QED) is 0.209. The lowest BCUT2D eigenvalue weighted by molar-refractivity contribution is -0.136. The van der Waals surface area contributed by atoms with Gasteiger partial charge in [0.15, 0.2) is 5.96 Å². The van der Waals surface area contributed by atoms with Crippen LogP contribution in [0.3, 0.4) is 0 Å². The Kier molecular flexibility index (Phi) is 15.7. The third-order valence-corrected chi connectivity index (χ3v) is 5.55. The normalized spacial score (nSPS) is 15.7. The molecule has 0 aliphatic carbocycles. The molecule has 0 radical (unpaired) electrons. The molecule has 0 spiro atoms. The Morgan fingerprint density at radius 2 is 1.85 bits per heavy atom. The maximum absolute atomic E-state index is 12.5. The first-order chi connectivity index (χ1) is 12.2. The number of nitrogens with one attached hydrogen (secondary N) is 2. The molecule has 154 valence electrons. The molecule has 1 rings (SSSR count). The second-order valence-electron chi connectivity index (χ2n) is 6.72. The second-order valence-corrected chi connectivity index (χ2v) is 7.70. The highest BCUT2D eigenvalue weighted by Crippen LogP contribution is 2.17. The number of guanidine groups is 1. The van der Waals surface area contributed by atoms with Gasteiger partial charge in [-0.2, -0.15) is 11.8 Å². The maximum Gasteiger partial charge on any atom is 0.225 e. The summed E-state index contributed by atoms with van der Waals surface area (Å²) in [6.45, 7) is 9.80. The SMILES string of the molecule is CCNC(=NCCCCSC)NC1CCN(C(=O)C(CC)CC)CC1.I. The summed E-state index contributed by atoms with van der Waals surface area (Å²) in [5.41, 5.74) is 0. The number of thioether (sulfide) groups is 1. The molecule has 0 aromatic heterocycles. The van der Waals surface area contributed by atoms with Gasteiger partial charge in [-0.25, -0.2) is 0 Å². The molecule has 1 aliphatic rings. The van der Waals surface area contributed by atoms with Crippen molar-refractivity contribution in [2.75, 3.05) is 38.2 Å². The molecular weight excluding hydrogens is 459 g/mol. The van der Waals surface area contributed by atoms with Crippen LogP contribution < -0.4 is 10.6 Å². The highest BCUT2D eigenvalue weighted by Gasteiger charge is 2.26. The molecular formula is C19H39IN4OS. The van der Waals surface area contributed by atoms with Crippen LogP contribution in [-0.4, -0.2) is 61.0 Å². The molecule has 0 aromatic rings. The molecule has 1 fully saturated rings. The first kappa shape index (κ1) is 25.8. The Morgan fingerprint density at radius 3 is 2.38 bits per heavy atom. The van der Waals surface area contributed by atoms with E-state index in [1.807, 2.05) is 11.8 Å². The largest absolute Gasteiger partial charge is 0.357 e. The third kappa shape index (κ3) is 9.67. The van der Waals surface area contributed by atoms with E-state index in [0.717, 1.165) is 64.2 Å². The average molecular weight is 499 g/mol. The van der Waals surface area contributed by atoms with Gasteiger partial charge in [-0.3, -0.25) is 9.79 Å². The highest BCUT2D eigenvalue weighted by molar-refractivity contribution is 14.0. The van der Waals surface area contributed by atoms with Gasteiger partial charge in [-0.1, -0.05) is 13.8 Å². The van der Waals surface area contributed by atoms with Crippen molar-refractivity contribution in [1.82, 2.24) is 15.5 Å². The van der Waals surface area contributed by atoms with Crippen LogP contribution >= 0.6 is 35.7 Å². The van der Waals surface area contributed by atoms with Crippen LogP contribution in [0.4, 0.5) is 0 Å². The molecule has 0 bridgehead atoms. The number of hydrogen-bond acceptors (Lipinski definition) is 3. The van der Waals surface area contributed by atoms with Gasteiger partial charge in [0, 0.05) is 38.1 Å². The summed E-state index contributed by atoms with van der Waals surface area (Å²) < 4.78 is 0. The number of amides is 1. The Labute approximate surface area is 181 Å². The monoisotopic (exact) mass is 498 g/mol. The molecule has 7 heteroatoms. The number of halogens is 1. The van der Waals surface area contributed by atoms with Crippen molar-refractivity contribution in [2.45, 2.75) is 65.3 Å². The van der Waals surface area contributed by atoms with Gasteiger partial charge in [0.2, 0.25) is 5.91 Å². The fraction of sp³-hybridized carbons (Fsp3) is 0.895. The number of nitrogens with zero attached hydrogens (tertiary/aromatic N) is 2. The van der Waals surface area contributed by atoms with Gasteiger partial charge in [0.25, 0.3) is 0 Å². The first-order valence-electron chi connectivity index (χ1n) is 9.98. The molecule has 5 nitrogen and oxygen atoms in total. The molecule has 0 saturated carbocycles. The van der Waals surface area contributed by atoms with Gasteiger partial charge in [-0.05, 0) is 57.5 Å². The molecule has 0 unspecified atom stereocenters. The average Bonchev–Trinajstić information content (AvgIpc) is 2.63. The van der Waals surface area contributed by atoms with Crippen molar-refractivity contribution in [2.24, 2.45) is 10.9 Å². The molecule has 0 aromatic carbocycles. The van der Waals surface area contributed by atoms with Crippen molar-refractivity contribution in [3.63, 3.8) is 0 Å². The predicted octanol–water partition coefficient (Wildman–Crippen LogP) is 3.73. The molecule has 1 amide bonds. The number of unbranched alkanes of at least 4 members (excludes halogenated alkanes) is 1. The minimum absolute atomic E-state index is 0. The number of likely N-dealkylation sites (tertiary alicyclic amines) is 1. The Balaban J connectivity index is 0.00000625. The van der Waals surface area contributed by atoms with Crippen LogP contribution in [0, 0.1) is 5.92 Å². The van der Waals surface area contributed by atoms with Crippen LogP contribution in [0.15, 0.2) is 4.99 Å². The summed E-state index contributed by atoms with van der Waals surface area (Å²) in [6, 6.07) is 0.412.